The van der Waals surface area contributed by atoms with Crippen molar-refractivity contribution in [3.05, 3.63) is 47.0 Å². The van der Waals surface area contributed by atoms with Crippen molar-refractivity contribution in [2.45, 2.75) is 25.2 Å². The van der Waals surface area contributed by atoms with Crippen LogP contribution in [-0.4, -0.2) is 10.9 Å². The summed E-state index contributed by atoms with van der Waals surface area (Å²) in [6, 6.07) is 8.24. The van der Waals surface area contributed by atoms with Crippen LogP contribution in [-0.2, 0) is 11.2 Å². The van der Waals surface area contributed by atoms with Gasteiger partial charge in [0, 0.05) is 11.6 Å². The third-order valence-corrected chi connectivity index (χ3v) is 4.04. The van der Waals surface area contributed by atoms with Crippen LogP contribution in [0.5, 0.6) is 0 Å². The van der Waals surface area contributed by atoms with Crippen LogP contribution < -0.4 is 5.32 Å². The molecule has 0 bridgehead atoms. The van der Waals surface area contributed by atoms with Gasteiger partial charge in [0.05, 0.1) is 5.92 Å². The molecular weight excluding hydrogens is 244 g/mol. The third kappa shape index (κ3) is 2.16. The van der Waals surface area contributed by atoms with Gasteiger partial charge in [-0.25, -0.2) is 4.98 Å². The van der Waals surface area contributed by atoms with Crippen LogP contribution >= 0.6 is 11.3 Å². The predicted octanol–water partition coefficient (Wildman–Crippen LogP) is 3.20. The van der Waals surface area contributed by atoms with E-state index in [4.69, 9.17) is 0 Å². The van der Waals surface area contributed by atoms with E-state index >= 15 is 0 Å². The summed E-state index contributed by atoms with van der Waals surface area (Å²) < 4.78 is 0. The Bertz CT molecular complexity index is 551. The van der Waals surface area contributed by atoms with Crippen LogP contribution in [0, 0.1) is 0 Å². The fourth-order valence-corrected chi connectivity index (χ4v) is 3.04. The Morgan fingerprint density at radius 1 is 1.39 bits per heavy atom. The molecule has 0 aliphatic heterocycles. The number of benzene rings is 1. The summed E-state index contributed by atoms with van der Waals surface area (Å²) in [6.07, 6.45) is 4.79. The number of nitrogens with zero attached hydrogens (tertiary/aromatic N) is 1. The van der Waals surface area contributed by atoms with Crippen LogP contribution in [0.25, 0.3) is 0 Å². The van der Waals surface area contributed by atoms with Crippen molar-refractivity contribution >= 4 is 22.4 Å². The molecule has 0 saturated carbocycles. The van der Waals surface area contributed by atoms with Crippen molar-refractivity contribution in [2.24, 2.45) is 0 Å². The summed E-state index contributed by atoms with van der Waals surface area (Å²) in [7, 11) is 0. The number of hydrogen-bond donors (Lipinski definition) is 1. The number of carbonyl (C=O) groups is 1. The fraction of sp³-hybridized carbons (Fsp3) is 0.286. The van der Waals surface area contributed by atoms with Crippen molar-refractivity contribution < 1.29 is 4.79 Å². The van der Waals surface area contributed by atoms with E-state index in [2.05, 4.69) is 22.4 Å². The lowest BCUT2D eigenvalue weighted by atomic mass is 9.82. The highest BCUT2D eigenvalue weighted by Crippen LogP contribution is 2.32. The van der Waals surface area contributed by atoms with Crippen LogP contribution in [0.15, 0.2) is 35.8 Å². The first-order valence-corrected chi connectivity index (χ1v) is 7.01. The molecule has 92 valence electrons. The zero-order valence-corrected chi connectivity index (χ0v) is 10.7. The van der Waals surface area contributed by atoms with Crippen molar-refractivity contribution in [3.8, 4) is 0 Å². The monoisotopic (exact) mass is 258 g/mol. The maximum absolute atomic E-state index is 12.3. The molecular formula is C14H14N2OS. The highest BCUT2D eigenvalue weighted by molar-refractivity contribution is 7.13. The maximum Gasteiger partial charge on any atom is 0.233 e. The van der Waals surface area contributed by atoms with Crippen molar-refractivity contribution in [2.75, 3.05) is 5.32 Å². The Balaban J connectivity index is 1.83. The number of nitrogens with one attached hydrogen (secondary N) is 1. The second-order valence-electron chi connectivity index (χ2n) is 4.47. The molecule has 1 aliphatic rings. The number of carbonyl (C=O) groups excluding carboxylic acids is 1. The first-order chi connectivity index (χ1) is 8.84. The van der Waals surface area contributed by atoms with E-state index in [1.807, 2.05) is 17.5 Å². The van der Waals surface area contributed by atoms with Gasteiger partial charge in [0.25, 0.3) is 0 Å². The largest absolute Gasteiger partial charge is 0.301 e. The van der Waals surface area contributed by atoms with Gasteiger partial charge in [0.2, 0.25) is 5.91 Å². The molecule has 1 aliphatic carbocycles. The average Bonchev–Trinajstić information content (AvgIpc) is 2.91. The fourth-order valence-electron chi connectivity index (χ4n) is 2.50. The number of anilines is 1. The standard InChI is InChI=1S/C14H14N2OS/c17-13(16-14-15-8-9-18-14)12-7-3-5-10-4-1-2-6-11(10)12/h1-2,4,6,8-9,12H,3,5,7H2,(H,15,16,17)/t12-/m0/s1. The molecule has 18 heavy (non-hydrogen) atoms. The van der Waals surface area contributed by atoms with Gasteiger partial charge in [-0.1, -0.05) is 24.3 Å². The molecule has 1 N–H and O–H groups in total. The highest BCUT2D eigenvalue weighted by atomic mass is 32.1. The average molecular weight is 258 g/mol. The van der Waals surface area contributed by atoms with Crippen LogP contribution in [0.3, 0.4) is 0 Å². The van der Waals surface area contributed by atoms with Crippen LogP contribution in [0.2, 0.25) is 0 Å². The van der Waals surface area contributed by atoms with Crippen molar-refractivity contribution in [1.29, 1.82) is 0 Å². The summed E-state index contributed by atoms with van der Waals surface area (Å²) in [5.41, 5.74) is 2.49. The van der Waals surface area contributed by atoms with E-state index in [1.54, 1.807) is 6.20 Å². The molecule has 1 aromatic carbocycles. The van der Waals surface area contributed by atoms with E-state index in [1.165, 1.54) is 22.5 Å². The number of aryl methyl sites for hydroxylation is 1. The second kappa shape index (κ2) is 4.90. The summed E-state index contributed by atoms with van der Waals surface area (Å²) >= 11 is 1.45. The van der Waals surface area contributed by atoms with Gasteiger partial charge in [-0.2, -0.15) is 0 Å². The molecule has 3 nitrogen and oxygen atoms in total. The van der Waals surface area contributed by atoms with Gasteiger partial charge < -0.3 is 5.32 Å². The van der Waals surface area contributed by atoms with E-state index < -0.39 is 0 Å². The number of hydrogen-bond acceptors (Lipinski definition) is 3. The van der Waals surface area contributed by atoms with Gasteiger partial charge in [-0.3, -0.25) is 4.79 Å². The minimum atomic E-state index is -0.0288. The molecule has 0 spiro atoms. The van der Waals surface area contributed by atoms with Crippen LogP contribution in [0.4, 0.5) is 5.13 Å². The Morgan fingerprint density at radius 3 is 3.11 bits per heavy atom. The summed E-state index contributed by atoms with van der Waals surface area (Å²) in [5, 5.41) is 5.45. The number of aromatic nitrogens is 1. The minimum absolute atomic E-state index is 0.0288. The quantitative estimate of drug-likeness (QED) is 0.898. The SMILES string of the molecule is O=C(Nc1nccs1)[C@H]1CCCc2ccccc21. The first kappa shape index (κ1) is 11.4. The van der Waals surface area contributed by atoms with Crippen LogP contribution in [0.1, 0.15) is 29.9 Å². The second-order valence-corrected chi connectivity index (χ2v) is 5.36. The molecule has 1 aromatic heterocycles. The van der Waals surface area contributed by atoms with E-state index in [9.17, 15) is 4.79 Å². The minimum Gasteiger partial charge on any atom is -0.301 e. The highest BCUT2D eigenvalue weighted by Gasteiger charge is 2.26. The molecule has 0 fully saturated rings. The normalized spacial score (nSPS) is 18.1. The summed E-state index contributed by atoms with van der Waals surface area (Å²) in [4.78, 5) is 16.4. The first-order valence-electron chi connectivity index (χ1n) is 6.13. The van der Waals surface area contributed by atoms with E-state index in [0.29, 0.717) is 5.13 Å². The molecule has 3 rings (SSSR count). The Hall–Kier alpha value is -1.68. The number of amides is 1. The molecule has 4 heteroatoms. The van der Waals surface area contributed by atoms with Gasteiger partial charge in [-0.05, 0) is 30.4 Å². The third-order valence-electron chi connectivity index (χ3n) is 3.35. The molecule has 0 saturated heterocycles. The van der Waals surface area contributed by atoms with Gasteiger partial charge >= 0.3 is 0 Å². The smallest absolute Gasteiger partial charge is 0.233 e. The summed E-state index contributed by atoms with van der Waals surface area (Å²) in [5.74, 6) is 0.0379. The van der Waals surface area contributed by atoms with Gasteiger partial charge in [-0.15, -0.1) is 11.3 Å². The molecule has 1 atom stereocenters. The number of rotatable bonds is 2. The lowest BCUT2D eigenvalue weighted by molar-refractivity contribution is -0.117. The van der Waals surface area contributed by atoms with Crippen molar-refractivity contribution in [3.63, 3.8) is 0 Å². The summed E-state index contributed by atoms with van der Waals surface area (Å²) in [6.45, 7) is 0. The number of fused-ring (bicyclic) bond motifs is 1. The van der Waals surface area contributed by atoms with E-state index in [0.717, 1.165) is 19.3 Å². The molecule has 0 unspecified atom stereocenters. The molecule has 1 amide bonds. The molecule has 0 radical (unpaired) electrons. The molecule has 2 aromatic rings. The Morgan fingerprint density at radius 2 is 2.28 bits per heavy atom. The Labute approximate surface area is 110 Å². The van der Waals surface area contributed by atoms with E-state index in [-0.39, 0.29) is 11.8 Å². The maximum atomic E-state index is 12.3. The predicted molar refractivity (Wildman–Crippen MR) is 72.9 cm³/mol. The zero-order valence-electron chi connectivity index (χ0n) is 9.93. The van der Waals surface area contributed by atoms with Crippen molar-refractivity contribution in [1.82, 2.24) is 4.98 Å². The lowest BCUT2D eigenvalue weighted by Gasteiger charge is -2.24. The number of thiazole rings is 1. The molecule has 1 heterocycles. The van der Waals surface area contributed by atoms with Gasteiger partial charge in [0.1, 0.15) is 0 Å². The zero-order chi connectivity index (χ0) is 12.4. The Kier molecular flexibility index (Phi) is 3.11. The van der Waals surface area contributed by atoms with Gasteiger partial charge in [0.15, 0.2) is 5.13 Å². The lowest BCUT2D eigenvalue weighted by Crippen LogP contribution is -2.24. The topological polar surface area (TPSA) is 42.0 Å².